The molecular formula is C20H34O6. The zero-order valence-electron chi connectivity index (χ0n) is 16.3. The average molecular weight is 370 g/mol. The number of hydrogen-bond donors (Lipinski definition) is 2. The minimum atomic E-state index is -0.295. The summed E-state index contributed by atoms with van der Waals surface area (Å²) >= 11 is 0. The number of esters is 2. The molecule has 0 aromatic rings. The topological polar surface area (TPSA) is 93.1 Å². The van der Waals surface area contributed by atoms with Gasteiger partial charge in [0.2, 0.25) is 0 Å². The van der Waals surface area contributed by atoms with E-state index in [-0.39, 0.29) is 54.6 Å². The van der Waals surface area contributed by atoms with Crippen molar-refractivity contribution in [2.45, 2.75) is 77.9 Å². The molecule has 2 saturated carbocycles. The number of rotatable bonds is 8. The summed E-state index contributed by atoms with van der Waals surface area (Å²) in [5.41, 5.74) is -0.295. The highest BCUT2D eigenvalue weighted by atomic mass is 16.6. The lowest BCUT2D eigenvalue weighted by atomic mass is 9.57. The third-order valence-corrected chi connectivity index (χ3v) is 6.39. The maximum Gasteiger partial charge on any atom is 0.302 e. The first kappa shape index (κ1) is 21.2. The molecule has 6 heteroatoms. The van der Waals surface area contributed by atoms with Gasteiger partial charge in [-0.05, 0) is 56.8 Å². The van der Waals surface area contributed by atoms with Gasteiger partial charge in [0.05, 0.1) is 0 Å². The van der Waals surface area contributed by atoms with Crippen LogP contribution in [0, 0.1) is 23.2 Å². The highest BCUT2D eigenvalue weighted by Crippen LogP contribution is 2.62. The van der Waals surface area contributed by atoms with Crippen molar-refractivity contribution in [3.05, 3.63) is 0 Å². The molecule has 6 nitrogen and oxygen atoms in total. The average Bonchev–Trinajstić information content (AvgIpc) is 2.83. The van der Waals surface area contributed by atoms with Crippen LogP contribution in [-0.4, -0.2) is 47.6 Å². The van der Waals surface area contributed by atoms with Crippen LogP contribution in [0.1, 0.15) is 65.7 Å². The number of carbonyl (C=O) groups excluding carboxylic acids is 2. The molecule has 0 saturated heterocycles. The van der Waals surface area contributed by atoms with Crippen LogP contribution in [0.2, 0.25) is 0 Å². The Morgan fingerprint density at radius 3 is 2.23 bits per heavy atom. The van der Waals surface area contributed by atoms with Crippen molar-refractivity contribution in [2.75, 3.05) is 13.2 Å². The molecule has 0 radical (unpaired) electrons. The molecule has 2 rings (SSSR count). The Kier molecular flexibility index (Phi) is 7.47. The predicted octanol–water partition coefficient (Wildman–Crippen LogP) is 2.45. The van der Waals surface area contributed by atoms with Crippen LogP contribution < -0.4 is 0 Å². The number of aliphatic hydroxyl groups is 2. The summed E-state index contributed by atoms with van der Waals surface area (Å²) < 4.78 is 11.5. The lowest BCUT2D eigenvalue weighted by molar-refractivity contribution is -0.172. The SMILES string of the molecule is CC(=O)OC1C[C@H](C)C[C@H]2C[C@H](OC(C)=O)[C@H](CCCO)[C@@]12CCCO. The third kappa shape index (κ3) is 4.39. The Hall–Kier alpha value is -1.14. The number of fused-ring (bicyclic) bond motifs is 1. The number of aliphatic hydroxyl groups excluding tert-OH is 2. The summed E-state index contributed by atoms with van der Waals surface area (Å²) in [5, 5.41) is 18.8. The minimum Gasteiger partial charge on any atom is -0.462 e. The lowest BCUT2D eigenvalue weighted by Gasteiger charge is -2.50. The number of carbonyl (C=O) groups is 2. The van der Waals surface area contributed by atoms with E-state index < -0.39 is 0 Å². The first-order chi connectivity index (χ1) is 12.3. The van der Waals surface area contributed by atoms with Crippen LogP contribution in [0.5, 0.6) is 0 Å². The number of hydrogen-bond acceptors (Lipinski definition) is 6. The van der Waals surface area contributed by atoms with Crippen LogP contribution in [0.3, 0.4) is 0 Å². The lowest BCUT2D eigenvalue weighted by Crippen LogP contribution is -2.51. The Morgan fingerprint density at radius 2 is 1.65 bits per heavy atom. The van der Waals surface area contributed by atoms with E-state index in [1.807, 2.05) is 0 Å². The highest BCUT2D eigenvalue weighted by Gasteiger charge is 2.62. The van der Waals surface area contributed by atoms with E-state index in [0.717, 1.165) is 32.1 Å². The summed E-state index contributed by atoms with van der Waals surface area (Å²) in [6, 6.07) is 0. The first-order valence-corrected chi connectivity index (χ1v) is 9.91. The quantitative estimate of drug-likeness (QED) is 0.638. The second kappa shape index (κ2) is 9.18. The second-order valence-electron chi connectivity index (χ2n) is 8.17. The fourth-order valence-corrected chi connectivity index (χ4v) is 5.70. The van der Waals surface area contributed by atoms with Crippen LogP contribution in [0.25, 0.3) is 0 Å². The summed E-state index contributed by atoms with van der Waals surface area (Å²) in [7, 11) is 0. The van der Waals surface area contributed by atoms with Gasteiger partial charge in [-0.25, -0.2) is 0 Å². The fraction of sp³-hybridized carbons (Fsp3) is 0.900. The fourth-order valence-electron chi connectivity index (χ4n) is 5.70. The molecule has 0 aromatic carbocycles. The van der Waals surface area contributed by atoms with Gasteiger partial charge in [-0.2, -0.15) is 0 Å². The van der Waals surface area contributed by atoms with Crippen molar-refractivity contribution in [3.63, 3.8) is 0 Å². The van der Waals surface area contributed by atoms with Crippen molar-refractivity contribution in [2.24, 2.45) is 23.2 Å². The number of ether oxygens (including phenoxy) is 2. The van der Waals surface area contributed by atoms with Gasteiger partial charge in [-0.15, -0.1) is 0 Å². The molecule has 2 N–H and O–H groups in total. The van der Waals surface area contributed by atoms with E-state index in [1.165, 1.54) is 13.8 Å². The molecular weight excluding hydrogens is 336 g/mol. The van der Waals surface area contributed by atoms with Gasteiger partial charge in [0.15, 0.2) is 0 Å². The highest BCUT2D eigenvalue weighted by molar-refractivity contribution is 5.66. The van der Waals surface area contributed by atoms with Crippen molar-refractivity contribution in [3.8, 4) is 0 Å². The van der Waals surface area contributed by atoms with Crippen molar-refractivity contribution in [1.29, 1.82) is 0 Å². The summed E-state index contributed by atoms with van der Waals surface area (Å²) in [6.07, 6.45) is 4.85. The zero-order chi connectivity index (χ0) is 19.3. The van der Waals surface area contributed by atoms with E-state index in [0.29, 0.717) is 18.8 Å². The minimum absolute atomic E-state index is 0.0342. The molecule has 0 aliphatic heterocycles. The van der Waals surface area contributed by atoms with Crippen LogP contribution >= 0.6 is 0 Å². The first-order valence-electron chi connectivity index (χ1n) is 9.91. The van der Waals surface area contributed by atoms with E-state index in [9.17, 15) is 19.8 Å². The molecule has 0 bridgehead atoms. The third-order valence-electron chi connectivity index (χ3n) is 6.39. The van der Waals surface area contributed by atoms with Gasteiger partial charge in [0.25, 0.3) is 0 Å². The van der Waals surface area contributed by atoms with Gasteiger partial charge in [-0.3, -0.25) is 9.59 Å². The van der Waals surface area contributed by atoms with E-state index in [1.54, 1.807) is 0 Å². The monoisotopic (exact) mass is 370 g/mol. The maximum atomic E-state index is 11.8. The molecule has 6 atom stereocenters. The molecule has 1 unspecified atom stereocenters. The van der Waals surface area contributed by atoms with E-state index in [2.05, 4.69) is 6.92 Å². The largest absolute Gasteiger partial charge is 0.462 e. The molecule has 2 aliphatic rings. The normalized spacial score (nSPS) is 36.4. The van der Waals surface area contributed by atoms with Crippen LogP contribution in [-0.2, 0) is 19.1 Å². The summed E-state index contributed by atoms with van der Waals surface area (Å²) in [4.78, 5) is 23.5. The molecule has 2 fully saturated rings. The van der Waals surface area contributed by atoms with Gasteiger partial charge in [0, 0.05) is 38.4 Å². The second-order valence-corrected chi connectivity index (χ2v) is 8.17. The van der Waals surface area contributed by atoms with Gasteiger partial charge >= 0.3 is 11.9 Å². The molecule has 0 spiro atoms. The molecule has 2 aliphatic carbocycles. The Balaban J connectivity index is 2.43. The zero-order valence-corrected chi connectivity index (χ0v) is 16.3. The van der Waals surface area contributed by atoms with Gasteiger partial charge in [-0.1, -0.05) is 6.92 Å². The van der Waals surface area contributed by atoms with E-state index in [4.69, 9.17) is 9.47 Å². The molecule has 0 amide bonds. The molecule has 0 heterocycles. The van der Waals surface area contributed by atoms with Crippen molar-refractivity contribution in [1.82, 2.24) is 0 Å². The maximum absolute atomic E-state index is 11.8. The molecule has 26 heavy (non-hydrogen) atoms. The predicted molar refractivity (Wildman–Crippen MR) is 96.2 cm³/mol. The molecule has 0 aromatic heterocycles. The van der Waals surface area contributed by atoms with Gasteiger partial charge in [0.1, 0.15) is 12.2 Å². The smallest absolute Gasteiger partial charge is 0.302 e. The van der Waals surface area contributed by atoms with Gasteiger partial charge < -0.3 is 19.7 Å². The Morgan fingerprint density at radius 1 is 1.00 bits per heavy atom. The van der Waals surface area contributed by atoms with Crippen LogP contribution in [0.15, 0.2) is 0 Å². The molecule has 150 valence electrons. The Bertz CT molecular complexity index is 493. The van der Waals surface area contributed by atoms with Crippen molar-refractivity contribution >= 4 is 11.9 Å². The standard InChI is InChI=1S/C20H34O6/c1-13-10-16-12-18(25-14(2)23)17(6-4-8-21)20(16,7-5-9-22)19(11-13)26-15(3)24/h13,16-19,21-22H,4-12H2,1-3H3/t13-,16+,17+,18+,19?,20+/m1/s1. The Labute approximate surface area is 156 Å². The summed E-state index contributed by atoms with van der Waals surface area (Å²) in [6.45, 7) is 5.21. The summed E-state index contributed by atoms with van der Waals surface area (Å²) in [5.74, 6) is 0.170. The van der Waals surface area contributed by atoms with E-state index >= 15 is 0 Å². The van der Waals surface area contributed by atoms with Crippen LogP contribution in [0.4, 0.5) is 0 Å². The van der Waals surface area contributed by atoms with Crippen molar-refractivity contribution < 1.29 is 29.3 Å².